The molecule has 0 bridgehead atoms. The van der Waals surface area contributed by atoms with E-state index in [0.29, 0.717) is 0 Å². The third kappa shape index (κ3) is 3.23. The van der Waals surface area contributed by atoms with Crippen LogP contribution in [0.1, 0.15) is 20.7 Å². The Bertz CT molecular complexity index is 452. The van der Waals surface area contributed by atoms with Crippen LogP contribution in [0.4, 0.5) is 0 Å². The van der Waals surface area contributed by atoms with Gasteiger partial charge in [-0.3, -0.25) is 19.3 Å². The molecule has 1 rings (SSSR count). The number of rotatable bonds is 4. The number of halogens is 1. The van der Waals surface area contributed by atoms with E-state index >= 15 is 0 Å². The van der Waals surface area contributed by atoms with Crippen LogP contribution in [0.15, 0.2) is 18.2 Å². The molecule has 0 aliphatic rings. The molecule has 7 heteroatoms. The van der Waals surface area contributed by atoms with Crippen LogP contribution in [-0.4, -0.2) is 50.3 Å². The van der Waals surface area contributed by atoms with Crippen LogP contribution in [0, 0.1) is 0 Å². The highest BCUT2D eigenvalue weighted by atomic mass is 35.5. The van der Waals surface area contributed by atoms with Crippen molar-refractivity contribution >= 4 is 23.4 Å². The third-order valence-corrected chi connectivity index (χ3v) is 2.99. The van der Waals surface area contributed by atoms with Crippen molar-refractivity contribution in [1.82, 2.24) is 10.1 Å². The molecule has 1 aromatic rings. The molecule has 0 unspecified atom stereocenters. The molecule has 0 saturated heterocycles. The molecule has 0 aliphatic heterocycles. The molecule has 0 fully saturated rings. The smallest absolute Gasteiger partial charge is 0.274 e. The number of carbonyl (C=O) groups is 2. The van der Waals surface area contributed by atoms with Crippen LogP contribution in [0.5, 0.6) is 0 Å². The summed E-state index contributed by atoms with van der Waals surface area (Å²) in [5.41, 5.74) is 0.364. The van der Waals surface area contributed by atoms with Gasteiger partial charge in [-0.05, 0) is 12.1 Å². The number of hydrogen-bond donors (Lipinski definition) is 0. The lowest BCUT2D eigenvalue weighted by Gasteiger charge is -2.17. The van der Waals surface area contributed by atoms with Crippen LogP contribution in [0.2, 0.25) is 5.02 Å². The van der Waals surface area contributed by atoms with Crippen LogP contribution in [0.3, 0.4) is 0 Å². The first-order valence-corrected chi connectivity index (χ1v) is 5.74. The Morgan fingerprint density at radius 1 is 1.00 bits per heavy atom. The fourth-order valence-corrected chi connectivity index (χ4v) is 1.66. The molecule has 0 N–H and O–H groups in total. The second-order valence-electron chi connectivity index (χ2n) is 3.64. The first kappa shape index (κ1) is 15.4. The molecule has 0 heterocycles. The number of amides is 2. The van der Waals surface area contributed by atoms with Gasteiger partial charge in [0.1, 0.15) is 0 Å². The Balaban J connectivity index is 3.19. The lowest BCUT2D eigenvalue weighted by atomic mass is 10.1. The molecule has 0 aromatic heterocycles. The third-order valence-electron chi connectivity index (χ3n) is 2.58. The van der Waals surface area contributed by atoms with Gasteiger partial charge in [-0.2, -0.15) is 0 Å². The lowest BCUT2D eigenvalue weighted by Crippen LogP contribution is -2.28. The van der Waals surface area contributed by atoms with Crippen molar-refractivity contribution < 1.29 is 19.3 Å². The van der Waals surface area contributed by atoms with E-state index in [1.54, 1.807) is 6.07 Å². The van der Waals surface area contributed by atoms with Gasteiger partial charge in [0.15, 0.2) is 0 Å². The summed E-state index contributed by atoms with van der Waals surface area (Å²) in [5, 5.41) is 2.11. The molecule has 1 aromatic carbocycles. The minimum Gasteiger partial charge on any atom is -0.274 e. The van der Waals surface area contributed by atoms with Gasteiger partial charge in [-0.1, -0.05) is 17.7 Å². The van der Waals surface area contributed by atoms with E-state index in [4.69, 9.17) is 21.3 Å². The molecule has 0 saturated carbocycles. The van der Waals surface area contributed by atoms with Gasteiger partial charge >= 0.3 is 0 Å². The second kappa shape index (κ2) is 6.51. The van der Waals surface area contributed by atoms with Gasteiger partial charge < -0.3 is 0 Å². The number of hydrogen-bond acceptors (Lipinski definition) is 4. The predicted molar refractivity (Wildman–Crippen MR) is 69.7 cm³/mol. The fraction of sp³-hybridized carbons (Fsp3) is 0.333. The van der Waals surface area contributed by atoms with E-state index in [1.807, 2.05) is 0 Å². The van der Waals surface area contributed by atoms with Gasteiger partial charge in [0.2, 0.25) is 0 Å². The monoisotopic (exact) mass is 286 g/mol. The second-order valence-corrected chi connectivity index (χ2v) is 4.02. The summed E-state index contributed by atoms with van der Waals surface area (Å²) in [7, 11) is 5.63. The summed E-state index contributed by atoms with van der Waals surface area (Å²) in [5.74, 6) is -0.885. The standard InChI is InChI=1S/C12H15ClN2O4/c1-14(18-3)11(16)8-6-5-7-9(10(8)13)12(17)15(2)19-4/h5-7H,1-4H3. The lowest BCUT2D eigenvalue weighted by molar-refractivity contribution is -0.0762. The molecule has 6 nitrogen and oxygen atoms in total. The van der Waals surface area contributed by atoms with E-state index in [0.717, 1.165) is 10.1 Å². The van der Waals surface area contributed by atoms with Crippen LogP contribution < -0.4 is 0 Å². The summed E-state index contributed by atoms with van der Waals surface area (Å²) in [6, 6.07) is 4.60. The molecule has 0 spiro atoms. The Kier molecular flexibility index (Phi) is 5.29. The zero-order valence-electron chi connectivity index (χ0n) is 11.1. The molecule has 19 heavy (non-hydrogen) atoms. The topological polar surface area (TPSA) is 59.1 Å². The molecular formula is C12H15ClN2O4. The number of nitrogens with zero attached hydrogens (tertiary/aromatic N) is 2. The number of benzene rings is 1. The van der Waals surface area contributed by atoms with Gasteiger partial charge in [-0.25, -0.2) is 10.1 Å². The first-order chi connectivity index (χ1) is 8.93. The van der Waals surface area contributed by atoms with Crippen molar-refractivity contribution in [3.8, 4) is 0 Å². The quantitative estimate of drug-likeness (QED) is 0.789. The molecular weight excluding hydrogens is 272 g/mol. The highest BCUT2D eigenvalue weighted by Gasteiger charge is 2.22. The molecule has 0 atom stereocenters. The van der Waals surface area contributed by atoms with Crippen molar-refractivity contribution in [3.63, 3.8) is 0 Å². The maximum atomic E-state index is 12.0. The Morgan fingerprint density at radius 3 is 1.68 bits per heavy atom. The van der Waals surface area contributed by atoms with Crippen molar-refractivity contribution in [1.29, 1.82) is 0 Å². The van der Waals surface area contributed by atoms with Crippen LogP contribution in [-0.2, 0) is 9.68 Å². The predicted octanol–water partition coefficient (Wildman–Crippen LogP) is 1.61. The largest absolute Gasteiger partial charge is 0.278 e. The van der Waals surface area contributed by atoms with Gasteiger partial charge in [-0.15, -0.1) is 0 Å². The zero-order chi connectivity index (χ0) is 14.6. The van der Waals surface area contributed by atoms with Gasteiger partial charge in [0.05, 0.1) is 30.4 Å². The summed E-state index contributed by atoms with van der Waals surface area (Å²) in [4.78, 5) is 33.5. The van der Waals surface area contributed by atoms with Crippen molar-refractivity contribution in [2.45, 2.75) is 0 Å². The van der Waals surface area contributed by atoms with Crippen molar-refractivity contribution in [2.24, 2.45) is 0 Å². The van der Waals surface area contributed by atoms with Gasteiger partial charge in [0, 0.05) is 14.1 Å². The fourth-order valence-electron chi connectivity index (χ4n) is 1.37. The van der Waals surface area contributed by atoms with Crippen LogP contribution in [0.25, 0.3) is 0 Å². The Hall–Kier alpha value is -1.63. The normalized spacial score (nSPS) is 10.2. The molecule has 2 amide bonds. The summed E-state index contributed by atoms with van der Waals surface area (Å²) in [6.45, 7) is 0. The van der Waals surface area contributed by atoms with E-state index in [-0.39, 0.29) is 16.1 Å². The maximum Gasteiger partial charge on any atom is 0.278 e. The van der Waals surface area contributed by atoms with E-state index in [2.05, 4.69) is 0 Å². The maximum absolute atomic E-state index is 12.0. The van der Waals surface area contributed by atoms with Crippen molar-refractivity contribution in [2.75, 3.05) is 28.3 Å². The SMILES string of the molecule is CON(C)C(=O)c1cccc(C(=O)N(C)OC)c1Cl. The average Bonchev–Trinajstić information content (AvgIpc) is 2.44. The number of carbonyl (C=O) groups excluding carboxylic acids is 2. The highest BCUT2D eigenvalue weighted by molar-refractivity contribution is 6.36. The Morgan fingerprint density at radius 2 is 1.37 bits per heavy atom. The van der Waals surface area contributed by atoms with Gasteiger partial charge in [0.25, 0.3) is 11.8 Å². The zero-order valence-corrected chi connectivity index (χ0v) is 11.9. The minimum atomic E-state index is -0.442. The van der Waals surface area contributed by atoms with E-state index < -0.39 is 11.8 Å². The van der Waals surface area contributed by atoms with E-state index in [9.17, 15) is 9.59 Å². The average molecular weight is 287 g/mol. The molecule has 0 aliphatic carbocycles. The molecule has 104 valence electrons. The summed E-state index contributed by atoms with van der Waals surface area (Å²) >= 11 is 6.09. The summed E-state index contributed by atoms with van der Waals surface area (Å²) in [6.07, 6.45) is 0. The summed E-state index contributed by atoms with van der Waals surface area (Å²) < 4.78 is 0. The Labute approximate surface area is 116 Å². The van der Waals surface area contributed by atoms with Crippen LogP contribution >= 0.6 is 11.6 Å². The minimum absolute atomic E-state index is 0.0605. The highest BCUT2D eigenvalue weighted by Crippen LogP contribution is 2.23. The van der Waals surface area contributed by atoms with E-state index in [1.165, 1.54) is 40.4 Å². The first-order valence-electron chi connectivity index (χ1n) is 5.36. The molecule has 0 radical (unpaired) electrons. The van der Waals surface area contributed by atoms with Crippen molar-refractivity contribution in [3.05, 3.63) is 34.3 Å². The number of hydroxylamine groups is 4.